The highest BCUT2D eigenvalue weighted by molar-refractivity contribution is 5.85. The van der Waals surface area contributed by atoms with Gasteiger partial charge < -0.3 is 15.5 Å². The summed E-state index contributed by atoms with van der Waals surface area (Å²) in [6.07, 6.45) is 5.85. The van der Waals surface area contributed by atoms with Crippen molar-refractivity contribution in [3.63, 3.8) is 0 Å². The van der Waals surface area contributed by atoms with Crippen LogP contribution in [0.2, 0.25) is 0 Å². The largest absolute Gasteiger partial charge is 0.333 e. The second-order valence-corrected chi connectivity index (χ2v) is 5.93. The fourth-order valence-corrected chi connectivity index (χ4v) is 3.73. The summed E-state index contributed by atoms with van der Waals surface area (Å²) in [6.45, 7) is 4.43. The molecule has 0 aromatic heterocycles. The van der Waals surface area contributed by atoms with Gasteiger partial charge in [0.2, 0.25) is 0 Å². The molecule has 0 radical (unpaired) electrons. The fourth-order valence-electron chi connectivity index (χ4n) is 3.73. The Morgan fingerprint density at radius 2 is 1.89 bits per heavy atom. The highest BCUT2D eigenvalue weighted by atomic mass is 35.5. The maximum Gasteiger partial charge on any atom is 0.318 e. The molecule has 104 valence electrons. The third-order valence-electron chi connectivity index (χ3n) is 4.68. The molecule has 3 atom stereocenters. The van der Waals surface area contributed by atoms with Gasteiger partial charge in [0.1, 0.15) is 0 Å². The summed E-state index contributed by atoms with van der Waals surface area (Å²) >= 11 is 0. The molecule has 3 rings (SSSR count). The van der Waals surface area contributed by atoms with E-state index in [1.165, 1.54) is 19.3 Å². The van der Waals surface area contributed by atoms with Gasteiger partial charge in [-0.3, -0.25) is 0 Å². The Morgan fingerprint density at radius 3 is 2.61 bits per heavy atom. The molecule has 3 unspecified atom stereocenters. The Balaban J connectivity index is 0.00000120. The number of nitrogens with zero attached hydrogens (tertiary/aromatic N) is 1. The molecular weight excluding hydrogens is 250 g/mol. The first-order valence-electron chi connectivity index (χ1n) is 7.05. The molecule has 0 aromatic carbocycles. The third-order valence-corrected chi connectivity index (χ3v) is 4.68. The first-order valence-corrected chi connectivity index (χ1v) is 7.05. The van der Waals surface area contributed by atoms with Gasteiger partial charge >= 0.3 is 6.03 Å². The van der Waals surface area contributed by atoms with Crippen molar-refractivity contribution in [1.29, 1.82) is 0 Å². The van der Waals surface area contributed by atoms with E-state index in [1.807, 2.05) is 0 Å². The van der Waals surface area contributed by atoms with Crippen LogP contribution in [0.1, 0.15) is 39.0 Å². The van der Waals surface area contributed by atoms with Crippen molar-refractivity contribution in [3.8, 4) is 0 Å². The monoisotopic (exact) mass is 273 g/mol. The number of fused-ring (bicyclic) bond motifs is 1. The fraction of sp³-hybridized carbons (Fsp3) is 0.923. The van der Waals surface area contributed by atoms with Crippen LogP contribution in [0.15, 0.2) is 0 Å². The quantitative estimate of drug-likeness (QED) is 0.764. The van der Waals surface area contributed by atoms with Crippen LogP contribution in [0.3, 0.4) is 0 Å². The van der Waals surface area contributed by atoms with Crippen LogP contribution < -0.4 is 10.6 Å². The average Bonchev–Trinajstić information content (AvgIpc) is 2.65. The predicted octanol–water partition coefficient (Wildman–Crippen LogP) is 1.74. The van der Waals surface area contributed by atoms with E-state index < -0.39 is 0 Å². The average molecular weight is 274 g/mol. The number of carbonyl (C=O) groups excluding carboxylic acids is 1. The SMILES string of the molecule is CC1CCC2NC(=O)N(C3CCNCC3)C2C1.Cl. The number of amides is 2. The van der Waals surface area contributed by atoms with E-state index in [9.17, 15) is 4.79 Å². The van der Waals surface area contributed by atoms with Crippen molar-refractivity contribution < 1.29 is 4.79 Å². The van der Waals surface area contributed by atoms with E-state index in [0.29, 0.717) is 18.1 Å². The van der Waals surface area contributed by atoms with E-state index in [2.05, 4.69) is 22.5 Å². The number of nitrogens with one attached hydrogen (secondary N) is 2. The van der Waals surface area contributed by atoms with Crippen molar-refractivity contribution in [2.24, 2.45) is 5.92 Å². The van der Waals surface area contributed by atoms with Gasteiger partial charge in [-0.1, -0.05) is 6.92 Å². The Morgan fingerprint density at radius 1 is 1.17 bits per heavy atom. The number of halogens is 1. The lowest BCUT2D eigenvalue weighted by molar-refractivity contribution is 0.125. The molecule has 3 aliphatic rings. The molecule has 2 N–H and O–H groups in total. The zero-order chi connectivity index (χ0) is 11.8. The summed E-state index contributed by atoms with van der Waals surface area (Å²) in [7, 11) is 0. The summed E-state index contributed by atoms with van der Waals surface area (Å²) in [6, 6.07) is 1.56. The van der Waals surface area contributed by atoms with Crippen molar-refractivity contribution in [2.45, 2.75) is 57.2 Å². The molecule has 1 saturated carbocycles. The van der Waals surface area contributed by atoms with Crippen molar-refractivity contribution in [2.75, 3.05) is 13.1 Å². The van der Waals surface area contributed by atoms with Crippen LogP contribution in [0.5, 0.6) is 0 Å². The Hall–Kier alpha value is -0.480. The number of carbonyl (C=O) groups is 1. The maximum atomic E-state index is 12.1. The van der Waals surface area contributed by atoms with Crippen LogP contribution in [-0.4, -0.2) is 42.1 Å². The molecule has 2 saturated heterocycles. The summed E-state index contributed by atoms with van der Waals surface area (Å²) in [5.41, 5.74) is 0. The molecule has 0 bridgehead atoms. The molecular formula is C13H24ClN3O. The van der Waals surface area contributed by atoms with E-state index in [-0.39, 0.29) is 18.4 Å². The minimum Gasteiger partial charge on any atom is -0.333 e. The van der Waals surface area contributed by atoms with E-state index in [4.69, 9.17) is 0 Å². The Labute approximate surface area is 115 Å². The molecule has 18 heavy (non-hydrogen) atoms. The molecule has 5 heteroatoms. The summed E-state index contributed by atoms with van der Waals surface area (Å²) in [4.78, 5) is 14.3. The molecule has 2 amide bonds. The van der Waals surface area contributed by atoms with Gasteiger partial charge in [-0.05, 0) is 51.1 Å². The molecule has 3 fully saturated rings. The van der Waals surface area contributed by atoms with Gasteiger partial charge in [0.15, 0.2) is 0 Å². The second-order valence-electron chi connectivity index (χ2n) is 5.93. The number of piperidine rings is 1. The normalized spacial score (nSPS) is 36.8. The zero-order valence-electron chi connectivity index (χ0n) is 11.0. The van der Waals surface area contributed by atoms with Crippen LogP contribution in [-0.2, 0) is 0 Å². The van der Waals surface area contributed by atoms with Crippen LogP contribution in [0, 0.1) is 5.92 Å². The maximum absolute atomic E-state index is 12.1. The summed E-state index contributed by atoms with van der Waals surface area (Å²) in [5, 5.41) is 6.57. The number of urea groups is 1. The van der Waals surface area contributed by atoms with Gasteiger partial charge in [-0.15, -0.1) is 12.4 Å². The lowest BCUT2D eigenvalue weighted by atomic mass is 9.83. The van der Waals surface area contributed by atoms with Crippen molar-refractivity contribution >= 4 is 18.4 Å². The van der Waals surface area contributed by atoms with Gasteiger partial charge in [0.25, 0.3) is 0 Å². The zero-order valence-corrected chi connectivity index (χ0v) is 11.8. The van der Waals surface area contributed by atoms with Crippen LogP contribution in [0.4, 0.5) is 4.79 Å². The highest BCUT2D eigenvalue weighted by Gasteiger charge is 2.45. The van der Waals surface area contributed by atoms with E-state index >= 15 is 0 Å². The van der Waals surface area contributed by atoms with Gasteiger partial charge in [-0.25, -0.2) is 4.79 Å². The van der Waals surface area contributed by atoms with Crippen LogP contribution >= 0.6 is 12.4 Å². The van der Waals surface area contributed by atoms with E-state index in [1.54, 1.807) is 0 Å². The standard InChI is InChI=1S/C13H23N3O.ClH/c1-9-2-3-11-12(8-9)16(13(17)15-11)10-4-6-14-7-5-10;/h9-12,14H,2-8H2,1H3,(H,15,17);1H. The summed E-state index contributed by atoms with van der Waals surface area (Å²) in [5.74, 6) is 0.771. The number of hydrogen-bond donors (Lipinski definition) is 2. The molecule has 4 nitrogen and oxygen atoms in total. The minimum atomic E-state index is 0. The second kappa shape index (κ2) is 5.66. The number of rotatable bonds is 1. The molecule has 2 aliphatic heterocycles. The van der Waals surface area contributed by atoms with E-state index in [0.717, 1.165) is 31.8 Å². The lowest BCUT2D eigenvalue weighted by Crippen LogP contribution is -2.49. The third kappa shape index (κ3) is 2.45. The Kier molecular flexibility index (Phi) is 4.38. The molecule has 0 spiro atoms. The smallest absolute Gasteiger partial charge is 0.318 e. The van der Waals surface area contributed by atoms with Gasteiger partial charge in [0, 0.05) is 6.04 Å². The molecule has 2 heterocycles. The van der Waals surface area contributed by atoms with Crippen molar-refractivity contribution in [1.82, 2.24) is 15.5 Å². The van der Waals surface area contributed by atoms with Gasteiger partial charge in [0.05, 0.1) is 12.1 Å². The summed E-state index contributed by atoms with van der Waals surface area (Å²) < 4.78 is 0. The molecule has 1 aliphatic carbocycles. The minimum absolute atomic E-state index is 0. The van der Waals surface area contributed by atoms with Gasteiger partial charge in [-0.2, -0.15) is 0 Å². The Bertz CT molecular complexity index is 307. The molecule has 0 aromatic rings. The highest BCUT2D eigenvalue weighted by Crippen LogP contribution is 2.34. The lowest BCUT2D eigenvalue weighted by Gasteiger charge is -2.39. The first-order chi connectivity index (χ1) is 8.25. The first kappa shape index (κ1) is 13.9. The topological polar surface area (TPSA) is 44.4 Å². The van der Waals surface area contributed by atoms with Crippen LogP contribution in [0.25, 0.3) is 0 Å². The number of hydrogen-bond acceptors (Lipinski definition) is 2. The van der Waals surface area contributed by atoms with Crippen molar-refractivity contribution in [3.05, 3.63) is 0 Å². The predicted molar refractivity (Wildman–Crippen MR) is 74.1 cm³/mol.